The number of benzene rings is 5. The summed E-state index contributed by atoms with van der Waals surface area (Å²) in [7, 11) is 0. The molecule has 0 N–H and O–H groups in total. The molecule has 5 aromatic carbocycles. The van der Waals surface area contributed by atoms with Gasteiger partial charge in [-0.25, -0.2) is 0 Å². The molecule has 0 bridgehead atoms. The van der Waals surface area contributed by atoms with Crippen molar-refractivity contribution in [2.75, 3.05) is 0 Å². The predicted molar refractivity (Wildman–Crippen MR) is 122 cm³/mol. The van der Waals surface area contributed by atoms with Gasteiger partial charge in [-0.2, -0.15) is 0 Å². The zero-order chi connectivity index (χ0) is 18.9. The molecular formula is C28H20. The lowest BCUT2D eigenvalue weighted by Gasteiger charge is -2.17. The third-order valence-corrected chi connectivity index (χ3v) is 5.43. The highest BCUT2D eigenvalue weighted by molar-refractivity contribution is 6.21. The molecule has 0 atom stereocenters. The number of hydrogen-bond acceptors (Lipinski definition) is 0. The predicted octanol–water partition coefficient (Wildman–Crippen LogP) is 7.97. The maximum atomic E-state index is 3.88. The molecule has 0 nitrogen and oxygen atoms in total. The molecule has 0 heteroatoms. The lowest BCUT2D eigenvalue weighted by atomic mass is 9.86. The third-order valence-electron chi connectivity index (χ3n) is 5.43. The van der Waals surface area contributed by atoms with E-state index in [0.29, 0.717) is 0 Å². The van der Waals surface area contributed by atoms with Crippen molar-refractivity contribution >= 4 is 27.6 Å². The Bertz CT molecular complexity index is 1240. The smallest absolute Gasteiger partial charge is 0.00264 e. The SMILES string of the molecule is C=Cc1ccc(-c2c3ccccc3c(-c3ccccc3)c3ccccc23)cc1. The fraction of sp³-hybridized carbons (Fsp3) is 0. The minimum Gasteiger partial charge on any atom is -0.0985 e. The van der Waals surface area contributed by atoms with Gasteiger partial charge >= 0.3 is 0 Å². The molecule has 28 heavy (non-hydrogen) atoms. The van der Waals surface area contributed by atoms with Crippen LogP contribution in [0.15, 0.2) is 110 Å². The van der Waals surface area contributed by atoms with Crippen LogP contribution in [0.25, 0.3) is 49.9 Å². The monoisotopic (exact) mass is 356 g/mol. The van der Waals surface area contributed by atoms with Crippen molar-refractivity contribution < 1.29 is 0 Å². The Kier molecular flexibility index (Phi) is 4.03. The third kappa shape index (κ3) is 2.62. The Labute approximate surface area is 165 Å². The molecule has 0 aromatic heterocycles. The van der Waals surface area contributed by atoms with Crippen LogP contribution in [0.3, 0.4) is 0 Å². The summed E-state index contributed by atoms with van der Waals surface area (Å²) >= 11 is 0. The molecule has 0 spiro atoms. The number of fused-ring (bicyclic) bond motifs is 2. The van der Waals surface area contributed by atoms with Crippen molar-refractivity contribution in [2.24, 2.45) is 0 Å². The Morgan fingerprint density at radius 1 is 0.429 bits per heavy atom. The second kappa shape index (κ2) is 6.83. The van der Waals surface area contributed by atoms with Gasteiger partial charge in [0.15, 0.2) is 0 Å². The van der Waals surface area contributed by atoms with Gasteiger partial charge in [-0.1, -0.05) is 116 Å². The lowest BCUT2D eigenvalue weighted by Crippen LogP contribution is -1.90. The zero-order valence-corrected chi connectivity index (χ0v) is 15.6. The molecule has 0 radical (unpaired) electrons. The van der Waals surface area contributed by atoms with Crippen LogP contribution in [0, 0.1) is 0 Å². The first kappa shape index (κ1) is 16.5. The molecule has 0 unspecified atom stereocenters. The molecule has 5 rings (SSSR count). The maximum absolute atomic E-state index is 3.88. The van der Waals surface area contributed by atoms with Crippen LogP contribution in [-0.4, -0.2) is 0 Å². The summed E-state index contributed by atoms with van der Waals surface area (Å²) in [5, 5.41) is 5.14. The van der Waals surface area contributed by atoms with Crippen LogP contribution in [0.5, 0.6) is 0 Å². The van der Waals surface area contributed by atoms with Gasteiger partial charge in [0.1, 0.15) is 0 Å². The van der Waals surface area contributed by atoms with E-state index in [1.165, 1.54) is 43.8 Å². The van der Waals surface area contributed by atoms with Gasteiger partial charge in [0.25, 0.3) is 0 Å². The normalized spacial score (nSPS) is 11.0. The first-order valence-electron chi connectivity index (χ1n) is 9.58. The van der Waals surface area contributed by atoms with Gasteiger partial charge in [-0.05, 0) is 49.4 Å². The van der Waals surface area contributed by atoms with Crippen molar-refractivity contribution in [1.82, 2.24) is 0 Å². The Morgan fingerprint density at radius 3 is 1.25 bits per heavy atom. The van der Waals surface area contributed by atoms with E-state index in [2.05, 4.69) is 110 Å². The van der Waals surface area contributed by atoms with Crippen molar-refractivity contribution in [1.29, 1.82) is 0 Å². The highest BCUT2D eigenvalue weighted by Gasteiger charge is 2.15. The average Bonchev–Trinajstić information content (AvgIpc) is 2.78. The van der Waals surface area contributed by atoms with E-state index >= 15 is 0 Å². The fourth-order valence-corrected chi connectivity index (χ4v) is 4.14. The van der Waals surface area contributed by atoms with Crippen molar-refractivity contribution in [3.63, 3.8) is 0 Å². The highest BCUT2D eigenvalue weighted by Crippen LogP contribution is 2.43. The summed E-state index contributed by atoms with van der Waals surface area (Å²) in [5.41, 5.74) is 6.22. The van der Waals surface area contributed by atoms with Crippen molar-refractivity contribution in [3.05, 3.63) is 115 Å². The van der Waals surface area contributed by atoms with E-state index in [-0.39, 0.29) is 0 Å². The average molecular weight is 356 g/mol. The van der Waals surface area contributed by atoms with Crippen LogP contribution in [0.2, 0.25) is 0 Å². The van der Waals surface area contributed by atoms with Gasteiger partial charge in [-0.15, -0.1) is 0 Å². The Balaban J connectivity index is 1.95. The second-order valence-corrected chi connectivity index (χ2v) is 7.03. The lowest BCUT2D eigenvalue weighted by molar-refractivity contribution is 1.63. The fourth-order valence-electron chi connectivity index (χ4n) is 4.14. The minimum absolute atomic E-state index is 1.14. The van der Waals surface area contributed by atoms with Gasteiger partial charge in [0.05, 0.1) is 0 Å². The van der Waals surface area contributed by atoms with E-state index in [4.69, 9.17) is 0 Å². The Morgan fingerprint density at radius 2 is 0.821 bits per heavy atom. The number of hydrogen-bond donors (Lipinski definition) is 0. The number of rotatable bonds is 3. The summed E-state index contributed by atoms with van der Waals surface area (Å²) < 4.78 is 0. The zero-order valence-electron chi connectivity index (χ0n) is 15.6. The molecule has 0 saturated heterocycles. The van der Waals surface area contributed by atoms with Crippen LogP contribution in [-0.2, 0) is 0 Å². The van der Waals surface area contributed by atoms with Crippen LogP contribution in [0.1, 0.15) is 5.56 Å². The highest BCUT2D eigenvalue weighted by atomic mass is 14.2. The first-order valence-corrected chi connectivity index (χ1v) is 9.58. The molecule has 0 aliphatic rings. The quantitative estimate of drug-likeness (QED) is 0.288. The molecule has 0 fully saturated rings. The van der Waals surface area contributed by atoms with E-state index in [1.54, 1.807) is 0 Å². The summed E-state index contributed by atoms with van der Waals surface area (Å²) in [6.07, 6.45) is 1.89. The van der Waals surface area contributed by atoms with E-state index in [9.17, 15) is 0 Å². The largest absolute Gasteiger partial charge is 0.0985 e. The summed E-state index contributed by atoms with van der Waals surface area (Å²) in [6.45, 7) is 3.88. The maximum Gasteiger partial charge on any atom is -0.00264 e. The second-order valence-electron chi connectivity index (χ2n) is 7.03. The molecular weight excluding hydrogens is 336 g/mol. The molecule has 0 saturated carbocycles. The van der Waals surface area contributed by atoms with E-state index in [0.717, 1.165) is 5.56 Å². The summed E-state index contributed by atoms with van der Waals surface area (Å²) in [5.74, 6) is 0. The molecule has 0 aliphatic carbocycles. The van der Waals surface area contributed by atoms with Crippen LogP contribution in [0.4, 0.5) is 0 Å². The molecule has 0 heterocycles. The summed E-state index contributed by atoms with van der Waals surface area (Å²) in [4.78, 5) is 0. The minimum atomic E-state index is 1.14. The van der Waals surface area contributed by atoms with Crippen LogP contribution < -0.4 is 0 Å². The van der Waals surface area contributed by atoms with Crippen molar-refractivity contribution in [2.45, 2.75) is 0 Å². The first-order chi connectivity index (χ1) is 13.9. The van der Waals surface area contributed by atoms with Crippen molar-refractivity contribution in [3.8, 4) is 22.3 Å². The molecule has 0 amide bonds. The molecule has 0 aliphatic heterocycles. The van der Waals surface area contributed by atoms with Crippen LogP contribution >= 0.6 is 0 Å². The van der Waals surface area contributed by atoms with Gasteiger partial charge < -0.3 is 0 Å². The van der Waals surface area contributed by atoms with Gasteiger partial charge in [-0.3, -0.25) is 0 Å². The van der Waals surface area contributed by atoms with Gasteiger partial charge in [0.2, 0.25) is 0 Å². The standard InChI is InChI=1S/C28H20/c1-2-20-16-18-22(19-17-20)28-25-14-8-6-12-23(25)27(21-10-4-3-5-11-21)24-13-7-9-15-26(24)28/h2-19H,1H2. The topological polar surface area (TPSA) is 0 Å². The van der Waals surface area contributed by atoms with E-state index in [1.807, 2.05) is 6.08 Å². The van der Waals surface area contributed by atoms with Gasteiger partial charge in [0, 0.05) is 0 Å². The molecule has 5 aromatic rings. The molecule has 132 valence electrons. The van der Waals surface area contributed by atoms with E-state index < -0.39 is 0 Å². The Hall–Kier alpha value is -3.64. The summed E-state index contributed by atoms with van der Waals surface area (Å²) in [6, 6.07) is 36.9.